The second-order valence-corrected chi connectivity index (χ2v) is 13.3. The minimum Gasteiger partial charge on any atom is -0.454 e. The topological polar surface area (TPSA) is 43.4 Å². The molecule has 0 N–H and O–H groups in total. The Morgan fingerprint density at radius 1 is 0.288 bits per heavy atom. The maximum Gasteiger partial charge on any atom is 0.231 e. The van der Waals surface area contributed by atoms with Gasteiger partial charge < -0.3 is 28.7 Å². The van der Waals surface area contributed by atoms with Crippen LogP contribution in [0, 0.1) is 0 Å². The van der Waals surface area contributed by atoms with Gasteiger partial charge in [0.05, 0.1) is 11.4 Å². The molecule has 2 aliphatic heterocycles. The molecule has 0 atom stereocenters. The molecule has 248 valence electrons. The molecular formula is C46H30N2O4. The van der Waals surface area contributed by atoms with E-state index in [9.17, 15) is 0 Å². The molecule has 0 unspecified atom stereocenters. The molecule has 2 heterocycles. The van der Waals surface area contributed by atoms with Crippen LogP contribution in [0.5, 0.6) is 23.0 Å². The number of nitrogens with zero attached hydrogens (tertiary/aromatic N) is 2. The molecule has 0 bridgehead atoms. The van der Waals surface area contributed by atoms with Crippen molar-refractivity contribution in [2.45, 2.75) is 0 Å². The number of benzene rings is 8. The Kier molecular flexibility index (Phi) is 6.28. The molecule has 0 spiro atoms. The summed E-state index contributed by atoms with van der Waals surface area (Å²) in [5, 5.41) is 4.81. The van der Waals surface area contributed by atoms with Gasteiger partial charge in [-0.25, -0.2) is 0 Å². The summed E-state index contributed by atoms with van der Waals surface area (Å²) in [5.74, 6) is 3.06. The first-order valence-electron chi connectivity index (χ1n) is 17.4. The van der Waals surface area contributed by atoms with Crippen molar-refractivity contribution >= 4 is 55.7 Å². The summed E-state index contributed by atoms with van der Waals surface area (Å²) in [4.78, 5) is 4.53. The Morgan fingerprint density at radius 2 is 0.654 bits per heavy atom. The Morgan fingerprint density at radius 3 is 1.10 bits per heavy atom. The van der Waals surface area contributed by atoms with Gasteiger partial charge in [-0.15, -0.1) is 0 Å². The minimum absolute atomic E-state index is 0.244. The number of hydrogen-bond acceptors (Lipinski definition) is 6. The normalized spacial score (nSPS) is 13.1. The highest BCUT2D eigenvalue weighted by Crippen LogP contribution is 2.52. The van der Waals surface area contributed by atoms with Crippen LogP contribution in [0.3, 0.4) is 0 Å². The monoisotopic (exact) mass is 674 g/mol. The summed E-state index contributed by atoms with van der Waals surface area (Å²) in [6.45, 7) is 0.489. The van der Waals surface area contributed by atoms with Crippen molar-refractivity contribution in [2.24, 2.45) is 0 Å². The van der Waals surface area contributed by atoms with Crippen molar-refractivity contribution in [3.63, 3.8) is 0 Å². The smallest absolute Gasteiger partial charge is 0.231 e. The summed E-state index contributed by atoms with van der Waals surface area (Å²) >= 11 is 0. The van der Waals surface area contributed by atoms with Gasteiger partial charge in [0.1, 0.15) is 0 Å². The molecular weight excluding hydrogens is 645 g/mol. The van der Waals surface area contributed by atoms with Crippen LogP contribution in [0.15, 0.2) is 158 Å². The molecule has 52 heavy (non-hydrogen) atoms. The van der Waals surface area contributed by atoms with E-state index in [4.69, 9.17) is 18.9 Å². The van der Waals surface area contributed by atoms with Gasteiger partial charge in [0, 0.05) is 34.9 Å². The van der Waals surface area contributed by atoms with Crippen LogP contribution in [-0.4, -0.2) is 13.6 Å². The lowest BCUT2D eigenvalue weighted by atomic mass is 9.78. The molecule has 0 aromatic heterocycles. The van der Waals surface area contributed by atoms with E-state index in [-0.39, 0.29) is 13.6 Å². The standard InChI is InChI=1S/C46H30N2O4/c1-3-7-33(8-4-1)47(37-15-17-43-45(25-37)51-27-49-43)35-13-11-29-21-39-40-22-30-12-14-36(20-32(30)24-42(40)41(39)23-31(29)19-35)48(34-9-5-2-6-10-34)38-16-18-44-46(26-38)52-28-50-44/h1-26H,27-28H2. The number of rotatable bonds is 6. The van der Waals surface area contributed by atoms with Crippen molar-refractivity contribution in [3.05, 3.63) is 158 Å². The first-order valence-corrected chi connectivity index (χ1v) is 17.4. The maximum atomic E-state index is 5.75. The van der Waals surface area contributed by atoms with Crippen LogP contribution in [-0.2, 0) is 0 Å². The molecule has 0 fully saturated rings. The molecule has 3 aliphatic rings. The largest absolute Gasteiger partial charge is 0.454 e. The van der Waals surface area contributed by atoms with Gasteiger partial charge in [-0.1, -0.05) is 48.5 Å². The van der Waals surface area contributed by atoms with Crippen LogP contribution < -0.4 is 28.7 Å². The minimum atomic E-state index is 0.244. The Balaban J connectivity index is 0.992. The van der Waals surface area contributed by atoms with E-state index in [1.54, 1.807) is 0 Å². The molecule has 6 heteroatoms. The zero-order valence-corrected chi connectivity index (χ0v) is 28.0. The summed E-state index contributed by atoms with van der Waals surface area (Å²) in [5.41, 5.74) is 11.5. The van der Waals surface area contributed by atoms with Crippen LogP contribution in [0.2, 0.25) is 0 Å². The second kappa shape index (κ2) is 11.3. The number of hydrogen-bond donors (Lipinski definition) is 0. The van der Waals surface area contributed by atoms with Gasteiger partial charge in [-0.05, 0) is 141 Å². The van der Waals surface area contributed by atoms with Crippen LogP contribution in [0.4, 0.5) is 34.1 Å². The van der Waals surface area contributed by atoms with E-state index < -0.39 is 0 Å². The van der Waals surface area contributed by atoms with E-state index in [1.807, 2.05) is 24.3 Å². The second-order valence-electron chi connectivity index (χ2n) is 13.3. The Hall–Kier alpha value is -6.92. The molecule has 0 radical (unpaired) electrons. The molecule has 6 nitrogen and oxygen atoms in total. The van der Waals surface area contributed by atoms with Gasteiger partial charge in [-0.3, -0.25) is 0 Å². The number of fused-ring (bicyclic) bond motifs is 8. The predicted octanol–water partition coefficient (Wildman–Crippen LogP) is 12.0. The van der Waals surface area contributed by atoms with E-state index in [0.717, 1.165) is 57.1 Å². The molecule has 11 rings (SSSR count). The molecule has 0 amide bonds. The zero-order valence-electron chi connectivity index (χ0n) is 28.0. The average Bonchev–Trinajstić information content (AvgIpc) is 3.87. The summed E-state index contributed by atoms with van der Waals surface area (Å²) in [6.07, 6.45) is 0. The van der Waals surface area contributed by atoms with Gasteiger partial charge in [0.2, 0.25) is 13.6 Å². The highest BCUT2D eigenvalue weighted by atomic mass is 16.7. The van der Waals surface area contributed by atoms with Crippen LogP contribution >= 0.6 is 0 Å². The van der Waals surface area contributed by atoms with Gasteiger partial charge in [0.15, 0.2) is 23.0 Å². The van der Waals surface area contributed by atoms with E-state index in [2.05, 4.69) is 143 Å². The third-order valence-corrected chi connectivity index (χ3v) is 10.3. The van der Waals surface area contributed by atoms with Crippen molar-refractivity contribution in [3.8, 4) is 45.3 Å². The zero-order chi connectivity index (χ0) is 34.2. The summed E-state index contributed by atoms with van der Waals surface area (Å²) in [7, 11) is 0. The Bertz CT molecular complexity index is 2520. The average molecular weight is 675 g/mol. The van der Waals surface area contributed by atoms with Crippen LogP contribution in [0.25, 0.3) is 43.8 Å². The fourth-order valence-electron chi connectivity index (χ4n) is 7.77. The van der Waals surface area contributed by atoms with Crippen molar-refractivity contribution in [1.82, 2.24) is 0 Å². The SMILES string of the molecule is c1ccc(N(c2ccc3c(c2)OCO3)c2ccc3cc4c(cc3c2)-c2cc3cc(N(c5ccccc5)c5ccc6c(c5)OCO6)ccc3cc2-4)cc1. The third kappa shape index (κ3) is 4.58. The lowest BCUT2D eigenvalue weighted by molar-refractivity contribution is 0.173. The fourth-order valence-corrected chi connectivity index (χ4v) is 7.77. The highest BCUT2D eigenvalue weighted by Gasteiger charge is 2.26. The summed E-state index contributed by atoms with van der Waals surface area (Å²) in [6, 6.07) is 55.9. The van der Waals surface area contributed by atoms with Gasteiger partial charge in [-0.2, -0.15) is 0 Å². The maximum absolute atomic E-state index is 5.75. The first-order chi connectivity index (χ1) is 25.7. The van der Waals surface area contributed by atoms with Crippen molar-refractivity contribution in [2.75, 3.05) is 23.4 Å². The molecule has 0 saturated carbocycles. The number of anilines is 6. The molecule has 8 aromatic rings. The number of para-hydroxylation sites is 2. The lowest BCUT2D eigenvalue weighted by Gasteiger charge is -2.28. The highest BCUT2D eigenvalue weighted by molar-refractivity contribution is 6.12. The Labute approximate surface area is 300 Å². The quantitative estimate of drug-likeness (QED) is 0.175. The van der Waals surface area contributed by atoms with E-state index in [0.29, 0.717) is 0 Å². The molecule has 1 aliphatic carbocycles. The molecule has 8 aromatic carbocycles. The number of ether oxygens (including phenoxy) is 4. The van der Waals surface area contributed by atoms with E-state index in [1.165, 1.54) is 43.8 Å². The lowest BCUT2D eigenvalue weighted by Crippen LogP contribution is -2.10. The van der Waals surface area contributed by atoms with Gasteiger partial charge >= 0.3 is 0 Å². The fraction of sp³-hybridized carbons (Fsp3) is 0.0435. The molecule has 0 saturated heterocycles. The predicted molar refractivity (Wildman–Crippen MR) is 207 cm³/mol. The summed E-state index contributed by atoms with van der Waals surface area (Å²) < 4.78 is 22.7. The van der Waals surface area contributed by atoms with Crippen LogP contribution in [0.1, 0.15) is 0 Å². The van der Waals surface area contributed by atoms with Crippen molar-refractivity contribution < 1.29 is 18.9 Å². The van der Waals surface area contributed by atoms with Crippen molar-refractivity contribution in [1.29, 1.82) is 0 Å². The van der Waals surface area contributed by atoms with Gasteiger partial charge in [0.25, 0.3) is 0 Å². The first kappa shape index (κ1) is 28.9. The third-order valence-electron chi connectivity index (χ3n) is 10.3. The van der Waals surface area contributed by atoms with E-state index >= 15 is 0 Å².